The van der Waals surface area contributed by atoms with Crippen molar-refractivity contribution in [3.05, 3.63) is 63.1 Å². The van der Waals surface area contributed by atoms with E-state index >= 15 is 0 Å². The van der Waals surface area contributed by atoms with Gasteiger partial charge in [0, 0.05) is 44.1 Å². The van der Waals surface area contributed by atoms with Crippen molar-refractivity contribution in [2.45, 2.75) is 32.5 Å². The van der Waals surface area contributed by atoms with Gasteiger partial charge in [0.2, 0.25) is 5.91 Å². The van der Waals surface area contributed by atoms with Crippen LogP contribution < -0.4 is 5.56 Å². The first-order valence-electron chi connectivity index (χ1n) is 8.66. The Morgan fingerprint density at radius 1 is 1.26 bits per heavy atom. The first kappa shape index (κ1) is 19.1. The molecule has 0 spiro atoms. The van der Waals surface area contributed by atoms with Crippen molar-refractivity contribution in [3.63, 3.8) is 0 Å². The number of rotatable bonds is 3. The first-order chi connectivity index (χ1) is 12.6. The number of nitrogens with zero attached hydrogens (tertiary/aromatic N) is 3. The van der Waals surface area contributed by atoms with Gasteiger partial charge in [-0.1, -0.05) is 19.1 Å². The minimum atomic E-state index is -4.37. The molecule has 1 amide bonds. The minimum absolute atomic E-state index is 0.0822. The summed E-state index contributed by atoms with van der Waals surface area (Å²) >= 11 is 0. The van der Waals surface area contributed by atoms with Gasteiger partial charge < -0.3 is 4.90 Å². The molecule has 0 bridgehead atoms. The Bertz CT molecular complexity index is 904. The third-order valence-electron chi connectivity index (χ3n) is 4.79. The number of benzene rings is 1. The smallest absolute Gasteiger partial charge is 0.338 e. The fourth-order valence-corrected chi connectivity index (χ4v) is 3.26. The van der Waals surface area contributed by atoms with E-state index in [1.54, 1.807) is 18.9 Å². The van der Waals surface area contributed by atoms with Gasteiger partial charge in [-0.25, -0.2) is 4.68 Å². The summed E-state index contributed by atoms with van der Waals surface area (Å²) in [4.78, 5) is 26.2. The van der Waals surface area contributed by atoms with Crippen LogP contribution in [0.1, 0.15) is 29.3 Å². The number of aromatic nitrogens is 2. The van der Waals surface area contributed by atoms with E-state index in [0.29, 0.717) is 31.5 Å². The minimum Gasteiger partial charge on any atom is -0.338 e. The van der Waals surface area contributed by atoms with Gasteiger partial charge in [-0.05, 0) is 24.1 Å². The van der Waals surface area contributed by atoms with Crippen LogP contribution in [-0.4, -0.2) is 27.1 Å². The fraction of sp³-hybridized carbons (Fsp3) is 0.421. The van der Waals surface area contributed by atoms with E-state index in [0.717, 1.165) is 23.4 Å². The molecule has 0 saturated heterocycles. The maximum Gasteiger partial charge on any atom is 0.416 e. The van der Waals surface area contributed by atoms with Crippen molar-refractivity contribution in [2.24, 2.45) is 13.0 Å². The van der Waals surface area contributed by atoms with E-state index in [1.165, 1.54) is 22.9 Å². The Morgan fingerprint density at radius 2 is 1.93 bits per heavy atom. The van der Waals surface area contributed by atoms with Gasteiger partial charge in [0.25, 0.3) is 5.56 Å². The molecule has 1 aliphatic rings. The number of hydrogen-bond acceptors (Lipinski definition) is 3. The first-order valence-corrected chi connectivity index (χ1v) is 8.66. The molecule has 0 N–H and O–H groups in total. The van der Waals surface area contributed by atoms with E-state index in [2.05, 4.69) is 5.10 Å². The Hall–Kier alpha value is -2.64. The van der Waals surface area contributed by atoms with E-state index < -0.39 is 11.7 Å². The molecule has 144 valence electrons. The predicted octanol–water partition coefficient (Wildman–Crippen LogP) is 2.56. The van der Waals surface area contributed by atoms with Gasteiger partial charge in [0.1, 0.15) is 0 Å². The van der Waals surface area contributed by atoms with Crippen molar-refractivity contribution >= 4 is 5.91 Å². The van der Waals surface area contributed by atoms with Crippen LogP contribution in [0.4, 0.5) is 13.2 Å². The molecule has 2 aromatic rings. The Kier molecular flexibility index (Phi) is 5.08. The van der Waals surface area contributed by atoms with Crippen LogP contribution in [0.25, 0.3) is 0 Å². The van der Waals surface area contributed by atoms with Crippen LogP contribution in [0.3, 0.4) is 0 Å². The molecule has 1 aromatic heterocycles. The average molecular weight is 379 g/mol. The molecule has 0 fully saturated rings. The summed E-state index contributed by atoms with van der Waals surface area (Å²) in [5.74, 6) is -0.455. The summed E-state index contributed by atoms with van der Waals surface area (Å²) in [5.41, 5.74) is 1.32. The largest absolute Gasteiger partial charge is 0.416 e. The lowest BCUT2D eigenvalue weighted by molar-refractivity contribution is -0.138. The number of aryl methyl sites for hydroxylation is 1. The number of halogens is 3. The van der Waals surface area contributed by atoms with Crippen molar-refractivity contribution in [3.8, 4) is 0 Å². The molecule has 1 aromatic carbocycles. The molecular weight excluding hydrogens is 359 g/mol. The topological polar surface area (TPSA) is 55.2 Å². The zero-order valence-electron chi connectivity index (χ0n) is 15.1. The van der Waals surface area contributed by atoms with E-state index in [4.69, 9.17) is 0 Å². The predicted molar refractivity (Wildman–Crippen MR) is 92.9 cm³/mol. The molecule has 0 radical (unpaired) electrons. The van der Waals surface area contributed by atoms with Gasteiger partial charge >= 0.3 is 6.18 Å². The van der Waals surface area contributed by atoms with Crippen molar-refractivity contribution in [1.82, 2.24) is 14.7 Å². The molecule has 2 heterocycles. The second-order valence-corrected chi connectivity index (χ2v) is 6.89. The van der Waals surface area contributed by atoms with Crippen LogP contribution in [0, 0.1) is 5.92 Å². The highest BCUT2D eigenvalue weighted by Crippen LogP contribution is 2.29. The molecule has 1 atom stereocenters. The zero-order chi connectivity index (χ0) is 19.8. The highest BCUT2D eigenvalue weighted by molar-refractivity contribution is 5.79. The maximum absolute atomic E-state index is 12.7. The van der Waals surface area contributed by atoms with Crippen molar-refractivity contribution in [2.75, 3.05) is 6.54 Å². The third-order valence-corrected chi connectivity index (χ3v) is 4.79. The monoisotopic (exact) mass is 379 g/mol. The number of fused-ring (bicyclic) bond motifs is 1. The molecular formula is C19H20F3N3O2. The summed E-state index contributed by atoms with van der Waals surface area (Å²) in [6.45, 7) is 2.60. The molecule has 27 heavy (non-hydrogen) atoms. The van der Waals surface area contributed by atoms with Gasteiger partial charge in [0.15, 0.2) is 0 Å². The molecule has 5 nitrogen and oxygen atoms in total. The normalized spacial score (nSPS) is 15.4. The van der Waals surface area contributed by atoms with Crippen LogP contribution in [0.2, 0.25) is 0 Å². The Balaban J connectivity index is 1.67. The number of alkyl halides is 3. The van der Waals surface area contributed by atoms with Crippen LogP contribution >= 0.6 is 0 Å². The Labute approximate surface area is 154 Å². The van der Waals surface area contributed by atoms with E-state index in [9.17, 15) is 22.8 Å². The molecule has 1 aliphatic heterocycles. The number of hydrogen-bond donors (Lipinski definition) is 0. The number of carbonyl (C=O) groups is 1. The van der Waals surface area contributed by atoms with Crippen LogP contribution in [-0.2, 0) is 37.4 Å². The average Bonchev–Trinajstić information content (AvgIpc) is 2.61. The van der Waals surface area contributed by atoms with Gasteiger partial charge in [-0.2, -0.15) is 18.3 Å². The maximum atomic E-state index is 12.7. The van der Waals surface area contributed by atoms with Gasteiger partial charge in [0.05, 0.1) is 11.3 Å². The summed E-state index contributed by atoms with van der Waals surface area (Å²) < 4.78 is 39.2. The van der Waals surface area contributed by atoms with Crippen LogP contribution in [0.15, 0.2) is 35.1 Å². The molecule has 0 aliphatic carbocycles. The quantitative estimate of drug-likeness (QED) is 0.824. The number of carbonyl (C=O) groups excluding carboxylic acids is 1. The summed E-state index contributed by atoms with van der Waals surface area (Å²) in [6.07, 6.45) is -3.44. The molecule has 3 rings (SSSR count). The zero-order valence-corrected chi connectivity index (χ0v) is 15.1. The number of amides is 1. The summed E-state index contributed by atoms with van der Waals surface area (Å²) in [5, 5.41) is 4.22. The van der Waals surface area contributed by atoms with Gasteiger partial charge in [-0.15, -0.1) is 0 Å². The van der Waals surface area contributed by atoms with E-state index in [-0.39, 0.29) is 17.4 Å². The van der Waals surface area contributed by atoms with Gasteiger partial charge in [-0.3, -0.25) is 9.59 Å². The lowest BCUT2D eigenvalue weighted by Crippen LogP contribution is -2.41. The van der Waals surface area contributed by atoms with Crippen LogP contribution in [0.5, 0.6) is 0 Å². The highest BCUT2D eigenvalue weighted by atomic mass is 19.4. The third kappa shape index (κ3) is 4.20. The van der Waals surface area contributed by atoms with E-state index in [1.807, 2.05) is 0 Å². The lowest BCUT2D eigenvalue weighted by atomic mass is 9.97. The second kappa shape index (κ2) is 7.17. The summed E-state index contributed by atoms with van der Waals surface area (Å²) in [6, 6.07) is 6.38. The summed E-state index contributed by atoms with van der Waals surface area (Å²) in [7, 11) is 1.59. The SMILES string of the molecule is C[C@@H](Cc1ccc(C(F)(F)F)cc1)C(=O)N1CCc2nn(C)c(=O)cc2C1. The molecule has 0 saturated carbocycles. The van der Waals surface area contributed by atoms with Crippen molar-refractivity contribution < 1.29 is 18.0 Å². The fourth-order valence-electron chi connectivity index (χ4n) is 3.26. The standard InChI is InChI=1S/C19H20F3N3O2/c1-12(9-13-3-5-15(6-4-13)19(20,21)22)18(27)25-8-7-16-14(11-25)10-17(26)24(2)23-16/h3-6,10,12H,7-9,11H2,1-2H3/t12-/m0/s1. The van der Waals surface area contributed by atoms with Crippen molar-refractivity contribution in [1.29, 1.82) is 0 Å². The molecule has 8 heteroatoms. The highest BCUT2D eigenvalue weighted by Gasteiger charge is 2.30. The second-order valence-electron chi connectivity index (χ2n) is 6.89. The lowest BCUT2D eigenvalue weighted by Gasteiger charge is -2.30. The molecule has 0 unspecified atom stereocenters. The Morgan fingerprint density at radius 3 is 2.56 bits per heavy atom.